The molecule has 0 unspecified atom stereocenters. The first-order valence-electron chi connectivity index (χ1n) is 21.8. The Balaban J connectivity index is 1.03. The van der Waals surface area contributed by atoms with Crippen molar-refractivity contribution in [2.45, 2.75) is 0 Å². The highest BCUT2D eigenvalue weighted by Gasteiger charge is 2.20. The van der Waals surface area contributed by atoms with Gasteiger partial charge in [0, 0.05) is 56.3 Å². The van der Waals surface area contributed by atoms with Gasteiger partial charge in [-0.3, -0.25) is 0 Å². The van der Waals surface area contributed by atoms with E-state index >= 15 is 0 Å². The molecule has 11 aromatic rings. The van der Waals surface area contributed by atoms with Crippen LogP contribution in [0, 0.1) is 17.9 Å². The Bertz CT molecular complexity index is 3300. The Morgan fingerprint density at radius 1 is 0.379 bits per heavy atom. The number of rotatable bonds is 10. The zero-order valence-electron chi connectivity index (χ0n) is 35.8. The molecule has 0 saturated carbocycles. The van der Waals surface area contributed by atoms with Crippen LogP contribution in [0.25, 0.3) is 60.5 Å². The molecule has 0 bridgehead atoms. The molecule has 66 heavy (non-hydrogen) atoms. The van der Waals surface area contributed by atoms with Crippen LogP contribution in [0.1, 0.15) is 5.56 Å². The van der Waals surface area contributed by atoms with Gasteiger partial charge in [-0.15, -0.1) is 0 Å². The summed E-state index contributed by atoms with van der Waals surface area (Å²) in [5, 5.41) is 11.8. The number of fused-ring (bicyclic) bond motifs is 2. The summed E-state index contributed by atoms with van der Waals surface area (Å²) in [5.74, 6) is 0. The smallest absolute Gasteiger partial charge is 0.187 e. The Hall–Kier alpha value is -9.36. The molecule has 2 heterocycles. The molecule has 0 radical (unpaired) electrons. The van der Waals surface area contributed by atoms with Gasteiger partial charge in [0.05, 0.1) is 40.6 Å². The highest BCUT2D eigenvalue weighted by molar-refractivity contribution is 6.02. The van der Waals surface area contributed by atoms with E-state index in [4.69, 9.17) is 6.57 Å². The van der Waals surface area contributed by atoms with Crippen molar-refractivity contribution in [3.05, 3.63) is 260 Å². The Morgan fingerprint density at radius 2 is 0.712 bits per heavy atom. The molecule has 0 aliphatic carbocycles. The third-order valence-corrected chi connectivity index (χ3v) is 12.1. The molecule has 0 amide bonds. The highest BCUT2D eigenvalue weighted by atomic mass is 15.1. The van der Waals surface area contributed by atoms with Crippen molar-refractivity contribution in [1.82, 2.24) is 9.13 Å². The third kappa shape index (κ3) is 7.31. The number of aromatic nitrogens is 2. The number of anilines is 6. The van der Waals surface area contributed by atoms with Gasteiger partial charge in [0.2, 0.25) is 0 Å². The van der Waals surface area contributed by atoms with Crippen molar-refractivity contribution in [2.24, 2.45) is 0 Å². The van der Waals surface area contributed by atoms with E-state index in [2.05, 4.69) is 188 Å². The molecule has 9 aromatic carbocycles. The minimum atomic E-state index is 0.613. The largest absolute Gasteiger partial charge is 0.311 e. The average Bonchev–Trinajstić information content (AvgIpc) is 3.96. The third-order valence-electron chi connectivity index (χ3n) is 12.1. The zero-order valence-corrected chi connectivity index (χ0v) is 35.8. The molecule has 0 N–H and O–H groups in total. The van der Waals surface area contributed by atoms with Crippen LogP contribution in [0.15, 0.2) is 243 Å². The lowest BCUT2D eigenvalue weighted by atomic mass is 10.1. The van der Waals surface area contributed by atoms with Gasteiger partial charge in [-0.2, -0.15) is 5.26 Å². The summed E-state index contributed by atoms with van der Waals surface area (Å²) in [6.45, 7) is 7.48. The van der Waals surface area contributed by atoms with E-state index < -0.39 is 0 Å². The lowest BCUT2D eigenvalue weighted by molar-refractivity contribution is 1.13. The van der Waals surface area contributed by atoms with Crippen LogP contribution in [0.5, 0.6) is 0 Å². The molecule has 6 heteroatoms. The van der Waals surface area contributed by atoms with E-state index in [1.54, 1.807) is 0 Å². The number of para-hydroxylation sites is 4. The van der Waals surface area contributed by atoms with Crippen LogP contribution in [-0.4, -0.2) is 9.13 Å². The molecule has 0 aliphatic rings. The zero-order chi connectivity index (χ0) is 44.4. The Labute approximate surface area is 383 Å². The monoisotopic (exact) mass is 844 g/mol. The first-order chi connectivity index (χ1) is 32.6. The molecule has 6 nitrogen and oxygen atoms in total. The fraction of sp³-hybridized carbons (Fsp3) is 0. The van der Waals surface area contributed by atoms with E-state index in [1.165, 1.54) is 0 Å². The normalized spacial score (nSPS) is 11.0. The van der Waals surface area contributed by atoms with E-state index in [0.29, 0.717) is 11.3 Å². The topological polar surface area (TPSA) is 44.5 Å². The molecule has 0 fully saturated rings. The van der Waals surface area contributed by atoms with Crippen LogP contribution in [-0.2, 0) is 0 Å². The van der Waals surface area contributed by atoms with Crippen LogP contribution < -0.4 is 9.80 Å². The second-order valence-corrected chi connectivity index (χ2v) is 16.1. The summed E-state index contributed by atoms with van der Waals surface area (Å²) >= 11 is 0. The van der Waals surface area contributed by atoms with Crippen molar-refractivity contribution in [1.29, 1.82) is 5.26 Å². The predicted octanol–water partition coefficient (Wildman–Crippen LogP) is 16.3. The molecular weight excluding hydrogens is 805 g/mol. The molecule has 0 spiro atoms. The predicted molar refractivity (Wildman–Crippen MR) is 271 cm³/mol. The summed E-state index contributed by atoms with van der Waals surface area (Å²) in [6, 6.07) is 86.4. The molecule has 2 aromatic heterocycles. The summed E-state index contributed by atoms with van der Waals surface area (Å²) in [7, 11) is 0. The van der Waals surface area contributed by atoms with Crippen molar-refractivity contribution < 1.29 is 0 Å². The fourth-order valence-corrected chi connectivity index (χ4v) is 9.02. The van der Waals surface area contributed by atoms with Gasteiger partial charge < -0.3 is 18.9 Å². The first-order valence-corrected chi connectivity index (χ1v) is 21.8. The van der Waals surface area contributed by atoms with E-state index in [-0.39, 0.29) is 0 Å². The van der Waals surface area contributed by atoms with Crippen molar-refractivity contribution in [3.63, 3.8) is 0 Å². The van der Waals surface area contributed by atoms with Crippen LogP contribution >= 0.6 is 0 Å². The molecule has 0 aliphatic heterocycles. The maximum absolute atomic E-state index is 9.49. The van der Waals surface area contributed by atoms with Crippen LogP contribution in [0.3, 0.4) is 0 Å². The fourth-order valence-electron chi connectivity index (χ4n) is 9.02. The summed E-state index contributed by atoms with van der Waals surface area (Å²) in [4.78, 5) is 8.05. The van der Waals surface area contributed by atoms with Gasteiger partial charge in [0.15, 0.2) is 5.69 Å². The Morgan fingerprint density at radius 3 is 1.08 bits per heavy atom. The molecule has 11 rings (SSSR count). The SMILES string of the molecule is [C-]#[N+]c1ccc(N(c2ccccc2)c2ccc(-c3cc4cc5c(cc(-c6ccc(N(c7ccccc7)c7ccc(C#N)cc7)cc6)n5-c5ccccc5)cc4n3-c3ccccc3)cc2)cc1. The summed E-state index contributed by atoms with van der Waals surface area (Å²) in [5.41, 5.74) is 16.1. The van der Waals surface area contributed by atoms with Gasteiger partial charge in [-0.05, 0) is 145 Å². The molecule has 0 saturated heterocycles. The van der Waals surface area contributed by atoms with Gasteiger partial charge in [-0.25, -0.2) is 4.85 Å². The highest BCUT2D eigenvalue weighted by Crippen LogP contribution is 2.42. The summed E-state index contributed by atoms with van der Waals surface area (Å²) in [6.07, 6.45) is 0. The van der Waals surface area contributed by atoms with E-state index in [9.17, 15) is 5.26 Å². The second kappa shape index (κ2) is 17.1. The van der Waals surface area contributed by atoms with Crippen molar-refractivity contribution in [2.75, 3.05) is 9.80 Å². The van der Waals surface area contributed by atoms with Crippen LogP contribution in [0.4, 0.5) is 39.8 Å². The van der Waals surface area contributed by atoms with E-state index in [0.717, 1.165) is 89.8 Å². The first kappa shape index (κ1) is 39.5. The van der Waals surface area contributed by atoms with Crippen molar-refractivity contribution in [3.8, 4) is 40.0 Å². The Kier molecular flexibility index (Phi) is 10.2. The standard InChI is InChI=1S/C60H40N6/c1-62-48-28-36-56(37-29-48)64(50-16-8-3-9-17-50)55-34-26-45(27-35-55)58-39-47-41-59-46(40-60(47)66(58)52-20-12-5-13-21-52)38-57(65(59)51-18-10-4-11-19-51)44-24-32-54(33-25-44)63(49-14-6-2-7-15-49)53-30-22-43(42-61)23-31-53/h2-41H. The molecule has 310 valence electrons. The minimum absolute atomic E-state index is 0.613. The summed E-state index contributed by atoms with van der Waals surface area (Å²) < 4.78 is 4.74. The lowest BCUT2D eigenvalue weighted by Crippen LogP contribution is -2.09. The average molecular weight is 845 g/mol. The van der Waals surface area contributed by atoms with Crippen LogP contribution in [0.2, 0.25) is 0 Å². The number of hydrogen-bond donors (Lipinski definition) is 0. The minimum Gasteiger partial charge on any atom is -0.311 e. The molecular formula is C60H40N6. The molecule has 0 atom stereocenters. The number of hydrogen-bond acceptors (Lipinski definition) is 3. The van der Waals surface area contributed by atoms with E-state index in [1.807, 2.05) is 84.9 Å². The van der Waals surface area contributed by atoms with Gasteiger partial charge in [0.1, 0.15) is 0 Å². The van der Waals surface area contributed by atoms with Gasteiger partial charge >= 0.3 is 0 Å². The quantitative estimate of drug-likeness (QED) is 0.129. The van der Waals surface area contributed by atoms with Gasteiger partial charge in [0.25, 0.3) is 0 Å². The maximum Gasteiger partial charge on any atom is 0.187 e. The maximum atomic E-state index is 9.49. The number of benzene rings is 9. The van der Waals surface area contributed by atoms with Crippen molar-refractivity contribution >= 4 is 61.6 Å². The number of nitriles is 1. The number of nitrogens with zero attached hydrogens (tertiary/aromatic N) is 6. The van der Waals surface area contributed by atoms with Gasteiger partial charge in [-0.1, -0.05) is 109 Å². The second-order valence-electron chi connectivity index (χ2n) is 16.1. The lowest BCUT2D eigenvalue weighted by Gasteiger charge is -2.25.